The first-order valence-electron chi connectivity index (χ1n) is 8.14. The Balaban J connectivity index is 2.13. The molecular weight excluding hydrogens is 341 g/mol. The van der Waals surface area contributed by atoms with E-state index in [1.165, 1.54) is 4.57 Å². The van der Waals surface area contributed by atoms with Crippen molar-refractivity contribution in [3.05, 3.63) is 59.8 Å². The summed E-state index contributed by atoms with van der Waals surface area (Å²) in [6.07, 6.45) is -2.50. The van der Waals surface area contributed by atoms with E-state index < -0.39 is 19.0 Å². The third-order valence-electron chi connectivity index (χ3n) is 4.34. The van der Waals surface area contributed by atoms with E-state index in [2.05, 4.69) is 6.07 Å². The Morgan fingerprint density at radius 1 is 1.12 bits per heavy atom. The smallest absolute Gasteiger partial charge is 0.161 e. The zero-order valence-corrected chi connectivity index (χ0v) is 13.9. The lowest BCUT2D eigenvalue weighted by atomic mass is 10.0. The predicted molar refractivity (Wildman–Crippen MR) is 93.8 cm³/mol. The SMILES string of the molecule is N#Cc1cccc(-c2cn(CC(F)C(F)CF)c3cc(CO)ccc23)c1. The fraction of sp³-hybridized carbons (Fsp3) is 0.250. The molecule has 0 aliphatic heterocycles. The zero-order valence-electron chi connectivity index (χ0n) is 13.9. The number of halogens is 3. The fourth-order valence-electron chi connectivity index (χ4n) is 2.97. The molecule has 134 valence electrons. The highest BCUT2D eigenvalue weighted by Crippen LogP contribution is 2.32. The molecule has 0 fully saturated rings. The summed E-state index contributed by atoms with van der Waals surface area (Å²) in [7, 11) is 0. The van der Waals surface area contributed by atoms with Crippen LogP contribution in [0.1, 0.15) is 11.1 Å². The van der Waals surface area contributed by atoms with Gasteiger partial charge in [-0.05, 0) is 29.3 Å². The molecule has 0 saturated heterocycles. The Morgan fingerprint density at radius 2 is 1.92 bits per heavy atom. The number of hydrogen-bond donors (Lipinski definition) is 1. The Morgan fingerprint density at radius 3 is 2.62 bits per heavy atom. The molecule has 0 bridgehead atoms. The monoisotopic (exact) mass is 358 g/mol. The Bertz CT molecular complexity index is 961. The van der Waals surface area contributed by atoms with Crippen molar-refractivity contribution in [3.63, 3.8) is 0 Å². The maximum absolute atomic E-state index is 14.0. The highest BCUT2D eigenvalue weighted by Gasteiger charge is 2.22. The van der Waals surface area contributed by atoms with Crippen molar-refractivity contribution >= 4 is 10.9 Å². The van der Waals surface area contributed by atoms with Gasteiger partial charge in [-0.15, -0.1) is 0 Å². The lowest BCUT2D eigenvalue weighted by molar-refractivity contribution is 0.124. The topological polar surface area (TPSA) is 49.0 Å². The summed E-state index contributed by atoms with van der Waals surface area (Å²) >= 11 is 0. The summed E-state index contributed by atoms with van der Waals surface area (Å²) in [6.45, 7) is -1.90. The van der Waals surface area contributed by atoms with Crippen molar-refractivity contribution < 1.29 is 18.3 Å². The largest absolute Gasteiger partial charge is 0.392 e. The van der Waals surface area contributed by atoms with E-state index in [-0.39, 0.29) is 13.2 Å². The molecule has 2 atom stereocenters. The zero-order chi connectivity index (χ0) is 18.7. The summed E-state index contributed by atoms with van der Waals surface area (Å²) in [5.41, 5.74) is 3.25. The van der Waals surface area contributed by atoms with E-state index >= 15 is 0 Å². The molecule has 0 aliphatic rings. The van der Waals surface area contributed by atoms with Crippen LogP contribution in [0.2, 0.25) is 0 Å². The van der Waals surface area contributed by atoms with Crippen molar-refractivity contribution in [2.45, 2.75) is 25.5 Å². The van der Waals surface area contributed by atoms with Crippen molar-refractivity contribution in [1.82, 2.24) is 4.57 Å². The average Bonchev–Trinajstić information content (AvgIpc) is 3.04. The molecule has 0 amide bonds. The van der Waals surface area contributed by atoms with Crippen LogP contribution in [0, 0.1) is 11.3 Å². The molecule has 3 nitrogen and oxygen atoms in total. The van der Waals surface area contributed by atoms with E-state index in [1.807, 2.05) is 6.07 Å². The molecule has 2 aromatic carbocycles. The van der Waals surface area contributed by atoms with Gasteiger partial charge in [-0.1, -0.05) is 24.3 Å². The minimum atomic E-state index is -2.18. The first-order valence-corrected chi connectivity index (χ1v) is 8.14. The van der Waals surface area contributed by atoms with Gasteiger partial charge in [-0.25, -0.2) is 13.2 Å². The molecule has 3 aromatic rings. The van der Waals surface area contributed by atoms with Crippen LogP contribution in [0.15, 0.2) is 48.7 Å². The third kappa shape index (κ3) is 3.44. The minimum Gasteiger partial charge on any atom is -0.392 e. The van der Waals surface area contributed by atoms with Gasteiger partial charge in [0.05, 0.1) is 24.8 Å². The number of aliphatic hydroxyl groups is 1. The fourth-order valence-corrected chi connectivity index (χ4v) is 2.97. The highest BCUT2D eigenvalue weighted by atomic mass is 19.2. The van der Waals surface area contributed by atoms with E-state index in [1.54, 1.807) is 42.6 Å². The Labute approximate surface area is 148 Å². The van der Waals surface area contributed by atoms with Gasteiger partial charge in [0.2, 0.25) is 0 Å². The maximum Gasteiger partial charge on any atom is 0.161 e. The van der Waals surface area contributed by atoms with Crippen LogP contribution < -0.4 is 0 Å². The summed E-state index contributed by atoms with van der Waals surface area (Å²) < 4.78 is 41.3. The number of aromatic nitrogens is 1. The van der Waals surface area contributed by atoms with Crippen LogP contribution in [-0.2, 0) is 13.2 Å². The van der Waals surface area contributed by atoms with Gasteiger partial charge in [0.15, 0.2) is 12.3 Å². The first-order chi connectivity index (χ1) is 12.6. The van der Waals surface area contributed by atoms with Gasteiger partial charge in [-0.3, -0.25) is 0 Å². The number of alkyl halides is 3. The molecule has 3 rings (SSSR count). The Hall–Kier alpha value is -2.78. The molecule has 0 spiro atoms. The normalized spacial score (nSPS) is 13.5. The van der Waals surface area contributed by atoms with Crippen LogP contribution in [0.25, 0.3) is 22.0 Å². The van der Waals surface area contributed by atoms with E-state index in [9.17, 15) is 18.3 Å². The van der Waals surface area contributed by atoms with E-state index in [0.29, 0.717) is 16.6 Å². The summed E-state index contributed by atoms with van der Waals surface area (Å²) in [5.74, 6) is 0. The maximum atomic E-state index is 14.0. The summed E-state index contributed by atoms with van der Waals surface area (Å²) in [4.78, 5) is 0. The van der Waals surface area contributed by atoms with Crippen molar-refractivity contribution in [2.75, 3.05) is 6.67 Å². The average molecular weight is 358 g/mol. The third-order valence-corrected chi connectivity index (χ3v) is 4.34. The van der Waals surface area contributed by atoms with Gasteiger partial charge in [0, 0.05) is 22.7 Å². The van der Waals surface area contributed by atoms with Gasteiger partial charge in [-0.2, -0.15) is 5.26 Å². The number of nitriles is 1. The quantitative estimate of drug-likeness (QED) is 0.713. The number of aliphatic hydroxyl groups excluding tert-OH is 1. The molecular formula is C20H17F3N2O. The van der Waals surface area contributed by atoms with Crippen molar-refractivity contribution in [2.24, 2.45) is 0 Å². The second kappa shape index (κ2) is 7.63. The molecule has 1 N–H and O–H groups in total. The molecule has 26 heavy (non-hydrogen) atoms. The van der Waals surface area contributed by atoms with E-state index in [0.717, 1.165) is 16.5 Å². The molecule has 0 radical (unpaired) electrons. The van der Waals surface area contributed by atoms with Gasteiger partial charge < -0.3 is 9.67 Å². The second-order valence-corrected chi connectivity index (χ2v) is 6.08. The predicted octanol–water partition coefficient (Wildman–Crippen LogP) is 4.32. The lowest BCUT2D eigenvalue weighted by Gasteiger charge is -2.12. The van der Waals surface area contributed by atoms with Crippen molar-refractivity contribution in [3.8, 4) is 17.2 Å². The molecule has 1 heterocycles. The van der Waals surface area contributed by atoms with Crippen LogP contribution in [0.5, 0.6) is 0 Å². The molecule has 2 unspecified atom stereocenters. The van der Waals surface area contributed by atoms with Crippen LogP contribution in [-0.4, -0.2) is 28.7 Å². The lowest BCUT2D eigenvalue weighted by Crippen LogP contribution is -2.24. The summed E-state index contributed by atoms with van der Waals surface area (Å²) in [5, 5.41) is 19.2. The highest BCUT2D eigenvalue weighted by molar-refractivity contribution is 5.96. The van der Waals surface area contributed by atoms with Crippen LogP contribution >= 0.6 is 0 Å². The second-order valence-electron chi connectivity index (χ2n) is 6.08. The number of hydrogen-bond acceptors (Lipinski definition) is 2. The standard InChI is InChI=1S/C20H17F3N2O/c21-8-18(22)19(23)11-25-10-17(15-3-1-2-13(6-15)9-24)16-5-4-14(12-26)7-20(16)25/h1-7,10,18-19,26H,8,11-12H2. The number of rotatable bonds is 6. The summed E-state index contributed by atoms with van der Waals surface area (Å²) in [6, 6.07) is 14.3. The molecule has 1 aromatic heterocycles. The van der Waals surface area contributed by atoms with Gasteiger partial charge >= 0.3 is 0 Å². The number of benzene rings is 2. The first kappa shape index (κ1) is 18.0. The van der Waals surface area contributed by atoms with E-state index in [4.69, 9.17) is 5.26 Å². The molecule has 6 heteroatoms. The van der Waals surface area contributed by atoms with Crippen LogP contribution in [0.3, 0.4) is 0 Å². The molecule has 0 saturated carbocycles. The minimum absolute atomic E-state index is 0.185. The number of fused-ring (bicyclic) bond motifs is 1. The van der Waals surface area contributed by atoms with Gasteiger partial charge in [0.1, 0.15) is 6.67 Å². The molecule has 0 aliphatic carbocycles. The van der Waals surface area contributed by atoms with Crippen LogP contribution in [0.4, 0.5) is 13.2 Å². The Kier molecular flexibility index (Phi) is 5.29. The van der Waals surface area contributed by atoms with Crippen molar-refractivity contribution in [1.29, 1.82) is 5.26 Å². The number of nitrogens with zero attached hydrogens (tertiary/aromatic N) is 2. The van der Waals surface area contributed by atoms with Gasteiger partial charge in [0.25, 0.3) is 0 Å².